The Morgan fingerprint density at radius 1 is 1.27 bits per heavy atom. The van der Waals surface area contributed by atoms with Crippen molar-refractivity contribution in [3.05, 3.63) is 34.3 Å². The van der Waals surface area contributed by atoms with Crippen LogP contribution < -0.4 is 5.32 Å². The fourth-order valence-corrected chi connectivity index (χ4v) is 1.45. The average molecular weight is 272 g/mol. The minimum Gasteiger partial charge on any atom is -0.377 e. The molecule has 0 atom stereocenters. The van der Waals surface area contributed by atoms with Crippen LogP contribution in [0.2, 0.25) is 0 Å². The van der Waals surface area contributed by atoms with Crippen LogP contribution in [-0.2, 0) is 11.3 Å². The quantitative estimate of drug-likeness (QED) is 0.889. The van der Waals surface area contributed by atoms with Gasteiger partial charge < -0.3 is 10.1 Å². The van der Waals surface area contributed by atoms with Crippen LogP contribution in [0, 0.1) is 0 Å². The topological polar surface area (TPSA) is 21.3 Å². The normalized spacial score (nSPS) is 11.7. The number of hydrogen-bond donors (Lipinski definition) is 1. The largest absolute Gasteiger partial charge is 0.377 e. The van der Waals surface area contributed by atoms with Crippen molar-refractivity contribution in [2.75, 3.05) is 13.7 Å². The lowest BCUT2D eigenvalue weighted by atomic mass is 10.1. The summed E-state index contributed by atoms with van der Waals surface area (Å²) in [5.74, 6) is 0. The number of hydrogen-bond acceptors (Lipinski definition) is 2. The van der Waals surface area contributed by atoms with E-state index in [1.165, 1.54) is 5.56 Å². The molecule has 3 heteroatoms. The molecule has 0 unspecified atom stereocenters. The third kappa shape index (κ3) is 4.78. The Morgan fingerprint density at radius 3 is 2.40 bits per heavy atom. The van der Waals surface area contributed by atoms with Crippen LogP contribution in [0.25, 0.3) is 0 Å². The molecule has 0 aliphatic heterocycles. The summed E-state index contributed by atoms with van der Waals surface area (Å²) in [4.78, 5) is 0. The lowest BCUT2D eigenvalue weighted by Gasteiger charge is -2.23. The van der Waals surface area contributed by atoms with E-state index < -0.39 is 0 Å². The first-order chi connectivity index (χ1) is 7.03. The van der Waals surface area contributed by atoms with E-state index in [-0.39, 0.29) is 5.60 Å². The van der Waals surface area contributed by atoms with Crippen molar-refractivity contribution in [2.24, 2.45) is 0 Å². The number of methoxy groups -OCH3 is 1. The Balaban J connectivity index is 2.35. The van der Waals surface area contributed by atoms with Crippen LogP contribution in [0.3, 0.4) is 0 Å². The second-order valence-electron chi connectivity index (χ2n) is 4.19. The molecule has 0 spiro atoms. The molecular formula is C12H18BrNO. The zero-order valence-electron chi connectivity index (χ0n) is 9.51. The molecular weight excluding hydrogens is 254 g/mol. The lowest BCUT2D eigenvalue weighted by molar-refractivity contribution is 0.0231. The Hall–Kier alpha value is -0.380. The zero-order chi connectivity index (χ0) is 11.3. The van der Waals surface area contributed by atoms with Gasteiger partial charge in [0, 0.05) is 24.7 Å². The molecule has 1 aromatic rings. The number of halogens is 1. The van der Waals surface area contributed by atoms with Crippen LogP contribution in [-0.4, -0.2) is 19.3 Å². The van der Waals surface area contributed by atoms with Crippen molar-refractivity contribution < 1.29 is 4.74 Å². The van der Waals surface area contributed by atoms with Crippen molar-refractivity contribution in [2.45, 2.75) is 26.0 Å². The number of nitrogens with one attached hydrogen (secondary N) is 1. The van der Waals surface area contributed by atoms with Crippen LogP contribution in [0.1, 0.15) is 19.4 Å². The van der Waals surface area contributed by atoms with E-state index in [0.717, 1.165) is 17.6 Å². The molecule has 1 rings (SSSR count). The minimum atomic E-state index is -0.102. The fraction of sp³-hybridized carbons (Fsp3) is 0.500. The molecule has 0 fully saturated rings. The summed E-state index contributed by atoms with van der Waals surface area (Å²) in [5.41, 5.74) is 1.18. The van der Waals surface area contributed by atoms with Gasteiger partial charge in [-0.2, -0.15) is 0 Å². The SMILES string of the molecule is COC(C)(C)CNCc1ccc(Br)cc1. The predicted octanol–water partition coefficient (Wildman–Crippen LogP) is 2.96. The second kappa shape index (κ2) is 5.64. The second-order valence-corrected chi connectivity index (χ2v) is 5.11. The highest BCUT2D eigenvalue weighted by Gasteiger charge is 2.14. The predicted molar refractivity (Wildman–Crippen MR) is 66.9 cm³/mol. The van der Waals surface area contributed by atoms with E-state index in [4.69, 9.17) is 4.74 Å². The van der Waals surface area contributed by atoms with Crippen molar-refractivity contribution in [3.63, 3.8) is 0 Å². The lowest BCUT2D eigenvalue weighted by Crippen LogP contribution is -2.36. The van der Waals surface area contributed by atoms with E-state index >= 15 is 0 Å². The summed E-state index contributed by atoms with van der Waals surface area (Å²) >= 11 is 3.42. The van der Waals surface area contributed by atoms with E-state index in [1.807, 2.05) is 0 Å². The van der Waals surface area contributed by atoms with Crippen molar-refractivity contribution >= 4 is 15.9 Å². The maximum absolute atomic E-state index is 5.32. The monoisotopic (exact) mass is 271 g/mol. The summed E-state index contributed by atoms with van der Waals surface area (Å²) in [6.07, 6.45) is 0. The molecule has 0 radical (unpaired) electrons. The van der Waals surface area contributed by atoms with Crippen molar-refractivity contribution in [3.8, 4) is 0 Å². The molecule has 0 bridgehead atoms. The van der Waals surface area contributed by atoms with Gasteiger partial charge in [0.25, 0.3) is 0 Å². The fourth-order valence-electron chi connectivity index (χ4n) is 1.18. The van der Waals surface area contributed by atoms with E-state index in [0.29, 0.717) is 0 Å². The molecule has 15 heavy (non-hydrogen) atoms. The maximum Gasteiger partial charge on any atom is 0.0746 e. The Morgan fingerprint density at radius 2 is 1.87 bits per heavy atom. The molecule has 1 N–H and O–H groups in total. The first-order valence-electron chi connectivity index (χ1n) is 5.04. The standard InChI is InChI=1S/C12H18BrNO/c1-12(2,15-3)9-14-8-10-4-6-11(13)7-5-10/h4-7,14H,8-9H2,1-3H3. The molecule has 1 aromatic carbocycles. The summed E-state index contributed by atoms with van der Waals surface area (Å²) < 4.78 is 6.44. The number of benzene rings is 1. The molecule has 84 valence electrons. The van der Waals surface area contributed by atoms with E-state index in [1.54, 1.807) is 7.11 Å². The van der Waals surface area contributed by atoms with Gasteiger partial charge in [-0.15, -0.1) is 0 Å². The van der Waals surface area contributed by atoms with Gasteiger partial charge in [-0.05, 0) is 31.5 Å². The van der Waals surface area contributed by atoms with Gasteiger partial charge >= 0.3 is 0 Å². The van der Waals surface area contributed by atoms with Crippen molar-refractivity contribution in [1.29, 1.82) is 0 Å². The summed E-state index contributed by atoms with van der Waals surface area (Å²) in [6.45, 7) is 5.86. The van der Waals surface area contributed by atoms with E-state index in [2.05, 4.69) is 59.4 Å². The Labute approximate surface area is 100 Å². The average Bonchev–Trinajstić information content (AvgIpc) is 2.21. The van der Waals surface area contributed by atoms with Gasteiger partial charge in [-0.25, -0.2) is 0 Å². The van der Waals surface area contributed by atoms with Crippen LogP contribution in [0.4, 0.5) is 0 Å². The van der Waals surface area contributed by atoms with E-state index in [9.17, 15) is 0 Å². The highest BCUT2D eigenvalue weighted by molar-refractivity contribution is 9.10. The number of rotatable bonds is 5. The Kier molecular flexibility index (Phi) is 4.77. The summed E-state index contributed by atoms with van der Waals surface area (Å²) in [6, 6.07) is 8.32. The molecule has 0 aromatic heterocycles. The van der Waals surface area contributed by atoms with Gasteiger partial charge in [0.1, 0.15) is 0 Å². The molecule has 0 aliphatic carbocycles. The van der Waals surface area contributed by atoms with Gasteiger partial charge in [-0.1, -0.05) is 28.1 Å². The van der Waals surface area contributed by atoms with Crippen LogP contribution >= 0.6 is 15.9 Å². The summed E-state index contributed by atoms with van der Waals surface area (Å²) in [7, 11) is 1.74. The Bertz CT molecular complexity index is 295. The molecule has 0 amide bonds. The first-order valence-corrected chi connectivity index (χ1v) is 5.83. The van der Waals surface area contributed by atoms with Crippen LogP contribution in [0.15, 0.2) is 28.7 Å². The molecule has 2 nitrogen and oxygen atoms in total. The molecule has 0 saturated carbocycles. The minimum absolute atomic E-state index is 0.102. The third-order valence-corrected chi connectivity index (χ3v) is 2.87. The third-order valence-electron chi connectivity index (χ3n) is 2.35. The molecule has 0 heterocycles. The van der Waals surface area contributed by atoms with Gasteiger partial charge in [-0.3, -0.25) is 0 Å². The molecule has 0 saturated heterocycles. The van der Waals surface area contributed by atoms with Gasteiger partial charge in [0.15, 0.2) is 0 Å². The number of ether oxygens (including phenoxy) is 1. The summed E-state index contributed by atoms with van der Waals surface area (Å²) in [5, 5.41) is 3.37. The molecule has 0 aliphatic rings. The zero-order valence-corrected chi connectivity index (χ0v) is 11.1. The van der Waals surface area contributed by atoms with Gasteiger partial charge in [0.05, 0.1) is 5.60 Å². The first kappa shape index (κ1) is 12.7. The maximum atomic E-state index is 5.32. The van der Waals surface area contributed by atoms with Crippen LogP contribution in [0.5, 0.6) is 0 Å². The highest BCUT2D eigenvalue weighted by atomic mass is 79.9. The van der Waals surface area contributed by atoms with Crippen molar-refractivity contribution in [1.82, 2.24) is 5.32 Å². The van der Waals surface area contributed by atoms with Gasteiger partial charge in [0.2, 0.25) is 0 Å². The highest BCUT2D eigenvalue weighted by Crippen LogP contribution is 2.11. The smallest absolute Gasteiger partial charge is 0.0746 e.